The number of hydrogen-bond donors (Lipinski definition) is 1. The van der Waals surface area contributed by atoms with Gasteiger partial charge in [0.2, 0.25) is 5.91 Å². The quantitative estimate of drug-likeness (QED) is 0.443. The van der Waals surface area contributed by atoms with Crippen molar-refractivity contribution in [3.05, 3.63) is 65.7 Å². The Labute approximate surface area is 184 Å². The fourth-order valence-corrected chi connectivity index (χ4v) is 3.10. The lowest BCUT2D eigenvalue weighted by molar-refractivity contribution is -0.156. The average Bonchev–Trinajstić information content (AvgIpc) is 2.77. The lowest BCUT2D eigenvalue weighted by Crippen LogP contribution is -2.50. The van der Waals surface area contributed by atoms with Crippen LogP contribution in [0.5, 0.6) is 11.5 Å². The summed E-state index contributed by atoms with van der Waals surface area (Å²) >= 11 is 0. The molecule has 0 bridgehead atoms. The third-order valence-electron chi connectivity index (χ3n) is 4.56. The summed E-state index contributed by atoms with van der Waals surface area (Å²) in [5.74, 6) is -1.60. The van der Waals surface area contributed by atoms with Gasteiger partial charge in [0.15, 0.2) is 17.5 Å². The summed E-state index contributed by atoms with van der Waals surface area (Å²) in [4.78, 5) is 26.5. The van der Waals surface area contributed by atoms with Gasteiger partial charge in [-0.3, -0.25) is 4.79 Å². The van der Waals surface area contributed by atoms with Crippen LogP contribution in [0.4, 0.5) is 8.78 Å². The first-order chi connectivity index (χ1) is 15.3. The monoisotopic (exact) mass is 449 g/mol. The van der Waals surface area contributed by atoms with Gasteiger partial charge in [0.05, 0.1) is 20.3 Å². The van der Waals surface area contributed by atoms with Gasteiger partial charge in [0, 0.05) is 18.2 Å². The molecular weight excluding hydrogens is 424 g/mol. The van der Waals surface area contributed by atoms with Crippen molar-refractivity contribution in [1.29, 1.82) is 0 Å². The van der Waals surface area contributed by atoms with Crippen molar-refractivity contribution in [2.45, 2.75) is 32.2 Å². The first kappa shape index (κ1) is 24.8. The molecule has 2 atom stereocenters. The number of hydrogen-bond acceptors (Lipinski definition) is 6. The molecule has 2 aromatic rings. The van der Waals surface area contributed by atoms with Gasteiger partial charge in [0.1, 0.15) is 0 Å². The highest BCUT2D eigenvalue weighted by atomic mass is 19.3. The Kier molecular flexibility index (Phi) is 9.15. The highest BCUT2D eigenvalue weighted by Crippen LogP contribution is 2.33. The van der Waals surface area contributed by atoms with Crippen molar-refractivity contribution >= 4 is 18.0 Å². The SMILES string of the molecule is COC(=O)[C@H]([C@@H](C)O)N(Cc1ccccc1)C(=O)C=Cc1cccc(OC)c1OC(F)F. The number of para-hydroxylation sites is 1. The number of carbonyl (C=O) groups excluding carboxylic acids is 2. The molecule has 172 valence electrons. The largest absolute Gasteiger partial charge is 0.493 e. The Morgan fingerprint density at radius 3 is 2.34 bits per heavy atom. The standard InChI is InChI=1S/C23H25F2NO6/c1-15(27)20(22(29)31-3)26(14-16-8-5-4-6-9-16)19(28)13-12-17-10-7-11-18(30-2)21(17)32-23(24)25/h4-13,15,20,23,27H,14H2,1-3H3/t15-,20+/m1/s1. The van der Waals surface area contributed by atoms with Crippen LogP contribution in [0.25, 0.3) is 6.08 Å². The van der Waals surface area contributed by atoms with Crippen molar-refractivity contribution in [3.8, 4) is 11.5 Å². The van der Waals surface area contributed by atoms with Crippen LogP contribution < -0.4 is 9.47 Å². The van der Waals surface area contributed by atoms with Gasteiger partial charge < -0.3 is 24.2 Å². The molecule has 0 aliphatic carbocycles. The number of benzene rings is 2. The fraction of sp³-hybridized carbons (Fsp3) is 0.304. The number of alkyl halides is 2. The molecule has 0 spiro atoms. The van der Waals surface area contributed by atoms with Crippen molar-refractivity contribution in [3.63, 3.8) is 0 Å². The van der Waals surface area contributed by atoms with E-state index < -0.39 is 30.6 Å². The lowest BCUT2D eigenvalue weighted by Gasteiger charge is -2.31. The Balaban J connectivity index is 2.41. The lowest BCUT2D eigenvalue weighted by atomic mass is 10.1. The minimum Gasteiger partial charge on any atom is -0.493 e. The van der Waals surface area contributed by atoms with Gasteiger partial charge >= 0.3 is 12.6 Å². The van der Waals surface area contributed by atoms with E-state index in [0.717, 1.165) is 18.1 Å². The number of aliphatic hydroxyl groups excluding tert-OH is 1. The normalized spacial score (nSPS) is 13.0. The minimum absolute atomic E-state index is 0.00713. The van der Waals surface area contributed by atoms with Crippen molar-refractivity contribution in [2.75, 3.05) is 14.2 Å². The zero-order valence-electron chi connectivity index (χ0n) is 17.9. The van der Waals surface area contributed by atoms with Gasteiger partial charge in [-0.1, -0.05) is 42.5 Å². The maximum absolute atomic E-state index is 13.1. The number of methoxy groups -OCH3 is 2. The highest BCUT2D eigenvalue weighted by Gasteiger charge is 2.34. The Morgan fingerprint density at radius 1 is 1.09 bits per heavy atom. The molecule has 1 amide bonds. The number of ether oxygens (including phenoxy) is 3. The summed E-state index contributed by atoms with van der Waals surface area (Å²) in [5, 5.41) is 10.2. The van der Waals surface area contributed by atoms with E-state index in [2.05, 4.69) is 4.74 Å². The van der Waals surface area contributed by atoms with E-state index in [-0.39, 0.29) is 23.6 Å². The maximum atomic E-state index is 13.1. The second-order valence-corrected chi connectivity index (χ2v) is 6.75. The molecule has 0 heterocycles. The molecule has 9 heteroatoms. The van der Waals surface area contributed by atoms with Crippen LogP contribution >= 0.6 is 0 Å². The molecule has 1 N–H and O–H groups in total. The predicted octanol–water partition coefficient (Wildman–Crippen LogP) is 3.26. The molecule has 0 radical (unpaired) electrons. The number of esters is 1. The van der Waals surface area contributed by atoms with Crippen molar-refractivity contribution in [2.24, 2.45) is 0 Å². The molecule has 0 aromatic heterocycles. The molecule has 0 saturated heterocycles. The van der Waals surface area contributed by atoms with Gasteiger partial charge in [-0.2, -0.15) is 8.78 Å². The fourth-order valence-electron chi connectivity index (χ4n) is 3.10. The number of aliphatic hydroxyl groups is 1. The molecule has 32 heavy (non-hydrogen) atoms. The summed E-state index contributed by atoms with van der Waals surface area (Å²) in [6.07, 6.45) is 1.16. The third-order valence-corrected chi connectivity index (χ3v) is 4.56. The van der Waals surface area contributed by atoms with Crippen molar-refractivity contribution < 1.29 is 37.7 Å². The second kappa shape index (κ2) is 11.8. The Hall–Kier alpha value is -3.46. The number of halogens is 2. The van der Waals surface area contributed by atoms with Crippen LogP contribution in [0.2, 0.25) is 0 Å². The molecule has 0 fully saturated rings. The highest BCUT2D eigenvalue weighted by molar-refractivity contribution is 5.95. The molecule has 7 nitrogen and oxygen atoms in total. The summed E-state index contributed by atoms with van der Waals surface area (Å²) in [5.41, 5.74) is 0.885. The molecule has 0 aliphatic rings. The summed E-state index contributed by atoms with van der Waals surface area (Å²) in [6.45, 7) is -1.72. The van der Waals surface area contributed by atoms with Crippen LogP contribution in [0.3, 0.4) is 0 Å². The molecule has 0 aliphatic heterocycles. The minimum atomic E-state index is -3.09. The van der Waals surface area contributed by atoms with E-state index in [1.807, 2.05) is 0 Å². The number of rotatable bonds is 10. The van der Waals surface area contributed by atoms with Gasteiger partial charge in [-0.05, 0) is 24.6 Å². The Morgan fingerprint density at radius 2 is 1.78 bits per heavy atom. The number of carbonyl (C=O) groups is 2. The molecule has 0 saturated carbocycles. The average molecular weight is 449 g/mol. The Bertz CT molecular complexity index is 933. The zero-order valence-corrected chi connectivity index (χ0v) is 17.9. The van der Waals surface area contributed by atoms with E-state index in [9.17, 15) is 23.5 Å². The predicted molar refractivity (Wildman–Crippen MR) is 113 cm³/mol. The summed E-state index contributed by atoms with van der Waals surface area (Å²) in [7, 11) is 2.46. The second-order valence-electron chi connectivity index (χ2n) is 6.75. The first-order valence-corrected chi connectivity index (χ1v) is 9.68. The first-order valence-electron chi connectivity index (χ1n) is 9.68. The van der Waals surface area contributed by atoms with E-state index in [1.165, 1.54) is 32.2 Å². The third kappa shape index (κ3) is 6.52. The smallest absolute Gasteiger partial charge is 0.387 e. The van der Waals surface area contributed by atoms with Gasteiger partial charge in [-0.15, -0.1) is 0 Å². The summed E-state index contributed by atoms with van der Waals surface area (Å²) in [6, 6.07) is 12.1. The molecular formula is C23H25F2NO6. The zero-order chi connectivity index (χ0) is 23.7. The number of nitrogens with zero attached hydrogens (tertiary/aromatic N) is 1. The number of amides is 1. The molecule has 0 unspecified atom stereocenters. The van der Waals surface area contributed by atoms with Crippen LogP contribution in [-0.2, 0) is 20.9 Å². The van der Waals surface area contributed by atoms with Crippen LogP contribution in [0.15, 0.2) is 54.6 Å². The van der Waals surface area contributed by atoms with Crippen LogP contribution in [0.1, 0.15) is 18.1 Å². The van der Waals surface area contributed by atoms with Gasteiger partial charge in [0.25, 0.3) is 0 Å². The van der Waals surface area contributed by atoms with E-state index in [0.29, 0.717) is 5.56 Å². The van der Waals surface area contributed by atoms with Gasteiger partial charge in [-0.25, -0.2) is 4.79 Å². The van der Waals surface area contributed by atoms with E-state index in [4.69, 9.17) is 9.47 Å². The maximum Gasteiger partial charge on any atom is 0.387 e. The molecule has 2 aromatic carbocycles. The van der Waals surface area contributed by atoms with Crippen LogP contribution in [0, 0.1) is 0 Å². The van der Waals surface area contributed by atoms with E-state index in [1.54, 1.807) is 36.4 Å². The van der Waals surface area contributed by atoms with E-state index >= 15 is 0 Å². The van der Waals surface area contributed by atoms with Crippen LogP contribution in [-0.4, -0.2) is 54.9 Å². The summed E-state index contributed by atoms with van der Waals surface area (Å²) < 4.78 is 40.1. The topological polar surface area (TPSA) is 85.3 Å². The van der Waals surface area contributed by atoms with Crippen molar-refractivity contribution in [1.82, 2.24) is 4.90 Å². The molecule has 2 rings (SSSR count).